The van der Waals surface area contributed by atoms with Crippen LogP contribution in [0.3, 0.4) is 0 Å². The maximum atomic E-state index is 10.7. The largest absolute Gasteiger partial charge is 0.482 e. The smallest absolute Gasteiger partial charge is 0.318 e. The predicted octanol–water partition coefficient (Wildman–Crippen LogP) is 2.97. The van der Waals surface area contributed by atoms with Gasteiger partial charge in [-0.15, -0.1) is 0 Å². The van der Waals surface area contributed by atoms with E-state index in [-0.39, 0.29) is 11.4 Å². The van der Waals surface area contributed by atoms with Crippen molar-refractivity contribution in [2.45, 2.75) is 6.61 Å². The van der Waals surface area contributed by atoms with Crippen molar-refractivity contribution >= 4 is 5.69 Å². The van der Waals surface area contributed by atoms with Gasteiger partial charge in [-0.1, -0.05) is 36.4 Å². The molecule has 2 rings (SSSR count). The molecule has 0 bridgehead atoms. The maximum Gasteiger partial charge on any atom is 0.318 e. The van der Waals surface area contributed by atoms with Crippen LogP contribution in [0, 0.1) is 16.2 Å². The Morgan fingerprint density at radius 1 is 1.18 bits per heavy atom. The molecule has 0 aromatic heterocycles. The molecule has 4 heteroatoms. The molecule has 17 heavy (non-hydrogen) atoms. The Morgan fingerprint density at radius 2 is 1.94 bits per heavy atom. The fourth-order valence-electron chi connectivity index (χ4n) is 1.41. The van der Waals surface area contributed by atoms with Gasteiger partial charge in [-0.25, -0.2) is 0 Å². The summed E-state index contributed by atoms with van der Waals surface area (Å²) in [7, 11) is 0. The van der Waals surface area contributed by atoms with Crippen LogP contribution >= 0.6 is 0 Å². The molecule has 0 saturated heterocycles. The van der Waals surface area contributed by atoms with Gasteiger partial charge in [0.2, 0.25) is 0 Å². The number of hydrogen-bond donors (Lipinski definition) is 0. The molecular formula is C13H10NO3. The van der Waals surface area contributed by atoms with Gasteiger partial charge < -0.3 is 4.74 Å². The fourth-order valence-corrected chi connectivity index (χ4v) is 1.41. The van der Waals surface area contributed by atoms with Gasteiger partial charge in [0.1, 0.15) is 6.61 Å². The molecular weight excluding hydrogens is 218 g/mol. The van der Waals surface area contributed by atoms with Gasteiger partial charge in [0.25, 0.3) is 0 Å². The van der Waals surface area contributed by atoms with Crippen molar-refractivity contribution in [1.29, 1.82) is 0 Å². The third kappa shape index (κ3) is 2.81. The van der Waals surface area contributed by atoms with Crippen molar-refractivity contribution in [1.82, 2.24) is 0 Å². The lowest BCUT2D eigenvalue weighted by atomic mass is 10.2. The van der Waals surface area contributed by atoms with Crippen molar-refractivity contribution in [3.63, 3.8) is 0 Å². The topological polar surface area (TPSA) is 52.4 Å². The van der Waals surface area contributed by atoms with Crippen LogP contribution < -0.4 is 4.74 Å². The average molecular weight is 228 g/mol. The zero-order valence-corrected chi connectivity index (χ0v) is 9.00. The number of rotatable bonds is 4. The van der Waals surface area contributed by atoms with Gasteiger partial charge in [0.15, 0.2) is 5.75 Å². The summed E-state index contributed by atoms with van der Waals surface area (Å²) in [6.07, 6.45) is 0. The third-order valence-electron chi connectivity index (χ3n) is 2.22. The third-order valence-corrected chi connectivity index (χ3v) is 2.22. The van der Waals surface area contributed by atoms with Crippen LogP contribution in [-0.2, 0) is 6.61 Å². The first-order valence-corrected chi connectivity index (χ1v) is 5.09. The summed E-state index contributed by atoms with van der Waals surface area (Å²) in [4.78, 5) is 10.2. The number of nitro benzene ring substituents is 1. The van der Waals surface area contributed by atoms with Gasteiger partial charge in [-0.3, -0.25) is 10.1 Å². The summed E-state index contributed by atoms with van der Waals surface area (Å²) in [6.45, 7) is 0.305. The Bertz CT molecular complexity index is 511. The number of para-hydroxylation sites is 1. The minimum absolute atomic E-state index is 0.136. The first kappa shape index (κ1) is 11.1. The summed E-state index contributed by atoms with van der Waals surface area (Å²) in [6, 6.07) is 16.8. The molecule has 0 aliphatic carbocycles. The second kappa shape index (κ2) is 5.12. The minimum Gasteiger partial charge on any atom is -0.482 e. The normalized spacial score (nSPS) is 9.88. The molecule has 0 aliphatic heterocycles. The van der Waals surface area contributed by atoms with E-state index in [2.05, 4.69) is 6.07 Å². The quantitative estimate of drug-likeness (QED) is 0.597. The molecule has 0 unspecified atom stereocenters. The van der Waals surface area contributed by atoms with Crippen LogP contribution in [0.5, 0.6) is 5.75 Å². The molecule has 0 amide bonds. The Hall–Kier alpha value is -2.36. The fraction of sp³-hybridized carbons (Fsp3) is 0.0769. The highest BCUT2D eigenvalue weighted by molar-refractivity contribution is 5.44. The first-order valence-electron chi connectivity index (χ1n) is 5.09. The van der Waals surface area contributed by atoms with E-state index < -0.39 is 4.92 Å². The van der Waals surface area contributed by atoms with E-state index >= 15 is 0 Å². The van der Waals surface area contributed by atoms with Crippen LogP contribution in [-0.4, -0.2) is 4.92 Å². The lowest BCUT2D eigenvalue weighted by molar-refractivity contribution is -0.386. The second-order valence-corrected chi connectivity index (χ2v) is 3.41. The second-order valence-electron chi connectivity index (χ2n) is 3.41. The van der Waals surface area contributed by atoms with E-state index in [0.717, 1.165) is 5.56 Å². The average Bonchev–Trinajstić information content (AvgIpc) is 2.38. The van der Waals surface area contributed by atoms with Crippen LogP contribution in [0.1, 0.15) is 5.56 Å². The first-order chi connectivity index (χ1) is 8.27. The zero-order chi connectivity index (χ0) is 12.1. The van der Waals surface area contributed by atoms with Gasteiger partial charge in [-0.2, -0.15) is 0 Å². The monoisotopic (exact) mass is 228 g/mol. The van der Waals surface area contributed by atoms with E-state index in [4.69, 9.17) is 4.74 Å². The standard InChI is InChI=1S/C13H10NO3/c15-14(16)12-8-4-5-9-13(12)17-10-11-6-2-1-3-7-11/h1-7,9H,10H2. The van der Waals surface area contributed by atoms with E-state index in [1.165, 1.54) is 6.07 Å². The van der Waals surface area contributed by atoms with Gasteiger partial charge >= 0.3 is 5.69 Å². The molecule has 0 heterocycles. The maximum absolute atomic E-state index is 10.7. The van der Waals surface area contributed by atoms with Crippen LogP contribution in [0.4, 0.5) is 5.69 Å². The molecule has 2 aromatic rings. The van der Waals surface area contributed by atoms with Crippen molar-refractivity contribution < 1.29 is 9.66 Å². The van der Waals surface area contributed by atoms with Gasteiger partial charge in [0.05, 0.1) is 11.0 Å². The van der Waals surface area contributed by atoms with Crippen LogP contribution in [0.25, 0.3) is 0 Å². The molecule has 2 aromatic carbocycles. The summed E-state index contributed by atoms with van der Waals surface area (Å²) in [5.74, 6) is 0.237. The summed E-state index contributed by atoms with van der Waals surface area (Å²) in [5, 5.41) is 10.7. The van der Waals surface area contributed by atoms with Crippen molar-refractivity contribution in [2.24, 2.45) is 0 Å². The number of nitrogens with zero attached hydrogens (tertiary/aromatic N) is 1. The molecule has 0 fully saturated rings. The Kier molecular flexibility index (Phi) is 3.35. The van der Waals surface area contributed by atoms with Gasteiger partial charge in [-0.05, 0) is 17.7 Å². The molecule has 85 valence electrons. The van der Waals surface area contributed by atoms with Crippen LogP contribution in [0.15, 0.2) is 48.5 Å². The predicted molar refractivity (Wildman–Crippen MR) is 62.7 cm³/mol. The zero-order valence-electron chi connectivity index (χ0n) is 9.00. The molecule has 0 atom stereocenters. The summed E-state index contributed by atoms with van der Waals surface area (Å²) >= 11 is 0. The van der Waals surface area contributed by atoms with Crippen molar-refractivity contribution in [3.8, 4) is 5.75 Å². The highest BCUT2D eigenvalue weighted by atomic mass is 16.6. The Balaban J connectivity index is 2.12. The number of nitro groups is 1. The molecule has 1 radical (unpaired) electrons. The SMILES string of the molecule is O=[N+]([O-])c1[c]cccc1OCc1ccccc1. The van der Waals surface area contributed by atoms with E-state index in [1.807, 2.05) is 30.3 Å². The Labute approximate surface area is 98.6 Å². The lowest BCUT2D eigenvalue weighted by Crippen LogP contribution is -1.98. The van der Waals surface area contributed by atoms with E-state index in [0.29, 0.717) is 6.61 Å². The summed E-state index contributed by atoms with van der Waals surface area (Å²) in [5.41, 5.74) is 0.828. The lowest BCUT2D eigenvalue weighted by Gasteiger charge is -2.05. The number of ether oxygens (including phenoxy) is 1. The molecule has 0 saturated carbocycles. The van der Waals surface area contributed by atoms with Crippen molar-refractivity contribution in [3.05, 3.63) is 70.3 Å². The number of benzene rings is 2. The molecule has 0 N–H and O–H groups in total. The molecule has 0 aliphatic rings. The molecule has 4 nitrogen and oxygen atoms in total. The summed E-state index contributed by atoms with van der Waals surface area (Å²) < 4.78 is 5.41. The van der Waals surface area contributed by atoms with Gasteiger partial charge in [0, 0.05) is 0 Å². The van der Waals surface area contributed by atoms with Crippen LogP contribution in [0.2, 0.25) is 0 Å². The Morgan fingerprint density at radius 3 is 2.65 bits per heavy atom. The molecule has 0 spiro atoms. The highest BCUT2D eigenvalue weighted by Crippen LogP contribution is 2.25. The number of hydrogen-bond acceptors (Lipinski definition) is 3. The van der Waals surface area contributed by atoms with E-state index in [1.54, 1.807) is 12.1 Å². The highest BCUT2D eigenvalue weighted by Gasteiger charge is 2.13. The van der Waals surface area contributed by atoms with E-state index in [9.17, 15) is 10.1 Å². The van der Waals surface area contributed by atoms with Crippen molar-refractivity contribution in [2.75, 3.05) is 0 Å². The minimum atomic E-state index is -0.500.